The van der Waals surface area contributed by atoms with Gasteiger partial charge in [0.2, 0.25) is 0 Å². The molecule has 2 nitrogen and oxygen atoms in total. The summed E-state index contributed by atoms with van der Waals surface area (Å²) >= 11 is 0. The Morgan fingerprint density at radius 2 is 0.852 bits per heavy atom. The summed E-state index contributed by atoms with van der Waals surface area (Å²) in [5.41, 5.74) is 0. The number of unbranched alkanes of at least 4 members (excludes halogenated alkanes) is 19. The normalized spacial score (nSPS) is 12.4. The molecule has 0 aliphatic heterocycles. The zero-order valence-electron chi connectivity index (χ0n) is 18.2. The average molecular weight is 387 g/mol. The standard InChI is InChI=1S/C24H47FO2/c1-2-3-4-5-6-7-8-9-10-11-12-13-14-15-16-17-18-19-20-21-22-23(25)24(26)27/h23H,2-22H2,1H3,(H,26,27). The van der Waals surface area contributed by atoms with Crippen molar-refractivity contribution in [2.24, 2.45) is 0 Å². The van der Waals surface area contributed by atoms with Gasteiger partial charge in [-0.3, -0.25) is 0 Å². The molecule has 0 spiro atoms. The highest BCUT2D eigenvalue weighted by atomic mass is 19.1. The third-order valence-corrected chi connectivity index (χ3v) is 5.58. The van der Waals surface area contributed by atoms with Gasteiger partial charge >= 0.3 is 5.97 Å². The Bertz CT molecular complexity index is 307. The fourth-order valence-corrected chi connectivity index (χ4v) is 3.70. The zero-order valence-corrected chi connectivity index (χ0v) is 18.2. The molecule has 0 rings (SSSR count). The Hall–Kier alpha value is -0.600. The van der Waals surface area contributed by atoms with Crippen LogP contribution < -0.4 is 0 Å². The molecule has 162 valence electrons. The summed E-state index contributed by atoms with van der Waals surface area (Å²) < 4.78 is 12.9. The SMILES string of the molecule is CCCCCCCCCCCCCCCCCCCCCCC(F)C(=O)O. The highest BCUT2D eigenvalue weighted by Crippen LogP contribution is 2.15. The summed E-state index contributed by atoms with van der Waals surface area (Å²) in [7, 11) is 0. The van der Waals surface area contributed by atoms with Crippen molar-refractivity contribution in [3.8, 4) is 0 Å². The topological polar surface area (TPSA) is 37.3 Å². The number of carboxylic acids is 1. The van der Waals surface area contributed by atoms with E-state index in [9.17, 15) is 9.18 Å². The van der Waals surface area contributed by atoms with Gasteiger partial charge in [-0.25, -0.2) is 9.18 Å². The number of carboxylic acid groups (broad SMARTS) is 1. The van der Waals surface area contributed by atoms with E-state index in [1.165, 1.54) is 109 Å². The van der Waals surface area contributed by atoms with E-state index in [0.717, 1.165) is 12.8 Å². The van der Waals surface area contributed by atoms with E-state index < -0.39 is 12.1 Å². The number of hydrogen-bond donors (Lipinski definition) is 1. The molecule has 0 saturated carbocycles. The molecule has 3 heteroatoms. The Labute approximate surface area is 168 Å². The van der Waals surface area contributed by atoms with Gasteiger partial charge in [0.15, 0.2) is 6.17 Å². The molecule has 0 aliphatic rings. The lowest BCUT2D eigenvalue weighted by Gasteiger charge is -2.04. The molecule has 0 aromatic heterocycles. The minimum Gasteiger partial charge on any atom is -0.479 e. The van der Waals surface area contributed by atoms with Crippen molar-refractivity contribution in [2.45, 2.75) is 148 Å². The van der Waals surface area contributed by atoms with E-state index in [1.807, 2.05) is 0 Å². The molecule has 0 radical (unpaired) electrons. The first-order valence-electron chi connectivity index (χ1n) is 12.0. The van der Waals surface area contributed by atoms with Crippen molar-refractivity contribution in [3.63, 3.8) is 0 Å². The molecule has 0 bridgehead atoms. The quantitative estimate of drug-likeness (QED) is 0.189. The van der Waals surface area contributed by atoms with Crippen LogP contribution in [-0.4, -0.2) is 17.2 Å². The number of carbonyl (C=O) groups is 1. The van der Waals surface area contributed by atoms with Crippen LogP contribution in [0.5, 0.6) is 0 Å². The van der Waals surface area contributed by atoms with Gasteiger partial charge in [0.05, 0.1) is 0 Å². The maximum Gasteiger partial charge on any atom is 0.338 e. The van der Waals surface area contributed by atoms with Crippen LogP contribution in [0.2, 0.25) is 0 Å². The Kier molecular flexibility index (Phi) is 21.2. The molecule has 0 saturated heterocycles. The third kappa shape index (κ3) is 21.6. The van der Waals surface area contributed by atoms with Gasteiger partial charge in [0.25, 0.3) is 0 Å². The summed E-state index contributed by atoms with van der Waals surface area (Å²) in [6, 6.07) is 0. The average Bonchev–Trinajstić information content (AvgIpc) is 2.66. The molecule has 0 aromatic rings. The maximum atomic E-state index is 12.9. The summed E-state index contributed by atoms with van der Waals surface area (Å²) in [6.45, 7) is 2.28. The summed E-state index contributed by atoms with van der Waals surface area (Å²) in [5, 5.41) is 8.47. The second-order valence-corrected chi connectivity index (χ2v) is 8.31. The summed E-state index contributed by atoms with van der Waals surface area (Å²) in [6.07, 6.45) is 24.9. The van der Waals surface area contributed by atoms with E-state index in [-0.39, 0.29) is 6.42 Å². The van der Waals surface area contributed by atoms with Gasteiger partial charge in [-0.2, -0.15) is 0 Å². The number of halogens is 1. The largest absolute Gasteiger partial charge is 0.479 e. The predicted molar refractivity (Wildman–Crippen MR) is 115 cm³/mol. The van der Waals surface area contributed by atoms with Gasteiger partial charge < -0.3 is 5.11 Å². The van der Waals surface area contributed by atoms with E-state index in [4.69, 9.17) is 5.11 Å². The highest BCUT2D eigenvalue weighted by molar-refractivity contribution is 5.71. The van der Waals surface area contributed by atoms with Gasteiger partial charge in [0.1, 0.15) is 0 Å². The van der Waals surface area contributed by atoms with Gasteiger partial charge in [-0.1, -0.05) is 129 Å². The van der Waals surface area contributed by atoms with Crippen molar-refractivity contribution in [1.82, 2.24) is 0 Å². The van der Waals surface area contributed by atoms with Crippen LogP contribution in [0.1, 0.15) is 142 Å². The van der Waals surface area contributed by atoms with E-state index in [0.29, 0.717) is 6.42 Å². The molecule has 1 atom stereocenters. The maximum absolute atomic E-state index is 12.9. The van der Waals surface area contributed by atoms with Crippen molar-refractivity contribution < 1.29 is 14.3 Å². The first-order chi connectivity index (χ1) is 13.2. The molecule has 1 N–H and O–H groups in total. The Morgan fingerprint density at radius 3 is 1.11 bits per heavy atom. The first kappa shape index (κ1) is 26.4. The Balaban J connectivity index is 3.04. The predicted octanol–water partition coefficient (Wildman–Crippen LogP) is 8.62. The molecular weight excluding hydrogens is 339 g/mol. The minimum absolute atomic E-state index is 0.175. The summed E-state index contributed by atoms with van der Waals surface area (Å²) in [4.78, 5) is 10.4. The second-order valence-electron chi connectivity index (χ2n) is 8.31. The Morgan fingerprint density at radius 1 is 0.593 bits per heavy atom. The van der Waals surface area contributed by atoms with Crippen LogP contribution >= 0.6 is 0 Å². The molecule has 1 unspecified atom stereocenters. The van der Waals surface area contributed by atoms with Crippen LogP contribution in [0.4, 0.5) is 4.39 Å². The summed E-state index contributed by atoms with van der Waals surface area (Å²) in [5.74, 6) is -1.31. The van der Waals surface area contributed by atoms with Crippen LogP contribution in [0.3, 0.4) is 0 Å². The van der Waals surface area contributed by atoms with Crippen LogP contribution in [-0.2, 0) is 4.79 Å². The van der Waals surface area contributed by atoms with Crippen LogP contribution in [0.15, 0.2) is 0 Å². The molecule has 27 heavy (non-hydrogen) atoms. The molecule has 0 fully saturated rings. The van der Waals surface area contributed by atoms with E-state index in [1.54, 1.807) is 0 Å². The van der Waals surface area contributed by atoms with E-state index >= 15 is 0 Å². The first-order valence-corrected chi connectivity index (χ1v) is 12.0. The fourth-order valence-electron chi connectivity index (χ4n) is 3.70. The zero-order chi connectivity index (χ0) is 20.0. The number of hydrogen-bond acceptors (Lipinski definition) is 1. The highest BCUT2D eigenvalue weighted by Gasteiger charge is 2.13. The monoisotopic (exact) mass is 386 g/mol. The second kappa shape index (κ2) is 21.7. The van der Waals surface area contributed by atoms with Crippen molar-refractivity contribution in [3.05, 3.63) is 0 Å². The number of rotatable bonds is 22. The van der Waals surface area contributed by atoms with Crippen LogP contribution in [0.25, 0.3) is 0 Å². The molecular formula is C24H47FO2. The van der Waals surface area contributed by atoms with Gasteiger partial charge in [-0.15, -0.1) is 0 Å². The minimum atomic E-state index is -1.67. The number of aliphatic carboxylic acids is 1. The lowest BCUT2D eigenvalue weighted by molar-refractivity contribution is -0.143. The lowest BCUT2D eigenvalue weighted by atomic mass is 10.0. The molecule has 0 amide bonds. The lowest BCUT2D eigenvalue weighted by Crippen LogP contribution is -2.13. The van der Waals surface area contributed by atoms with Crippen molar-refractivity contribution in [2.75, 3.05) is 0 Å². The van der Waals surface area contributed by atoms with Crippen LogP contribution in [0, 0.1) is 0 Å². The van der Waals surface area contributed by atoms with Crippen molar-refractivity contribution >= 4 is 5.97 Å². The third-order valence-electron chi connectivity index (χ3n) is 5.58. The number of alkyl halides is 1. The van der Waals surface area contributed by atoms with Crippen molar-refractivity contribution in [1.29, 1.82) is 0 Å². The van der Waals surface area contributed by atoms with Gasteiger partial charge in [0, 0.05) is 0 Å². The van der Waals surface area contributed by atoms with Gasteiger partial charge in [-0.05, 0) is 12.8 Å². The van der Waals surface area contributed by atoms with E-state index in [2.05, 4.69) is 6.92 Å². The molecule has 0 aliphatic carbocycles. The smallest absolute Gasteiger partial charge is 0.338 e. The fraction of sp³-hybridized carbons (Fsp3) is 0.958. The molecule has 0 heterocycles. The molecule has 0 aromatic carbocycles.